The van der Waals surface area contributed by atoms with Crippen molar-refractivity contribution in [3.8, 4) is 0 Å². The van der Waals surface area contributed by atoms with Crippen molar-refractivity contribution in [3.63, 3.8) is 0 Å². The highest BCUT2D eigenvalue weighted by Crippen LogP contribution is 2.16. The van der Waals surface area contributed by atoms with Crippen molar-refractivity contribution in [2.75, 3.05) is 13.2 Å². The fourth-order valence-electron chi connectivity index (χ4n) is 9.77. The van der Waals surface area contributed by atoms with E-state index in [9.17, 15) is 14.4 Å². The molecule has 0 aliphatic rings. The molecule has 82 heavy (non-hydrogen) atoms. The molecule has 1 unspecified atom stereocenters. The fourth-order valence-corrected chi connectivity index (χ4v) is 9.77. The van der Waals surface area contributed by atoms with Gasteiger partial charge < -0.3 is 14.2 Å². The molecular formula is C76H130O6. The summed E-state index contributed by atoms with van der Waals surface area (Å²) in [6.45, 7) is 6.52. The maximum Gasteiger partial charge on any atom is 0.306 e. The second kappa shape index (κ2) is 69.6. The largest absolute Gasteiger partial charge is 0.462 e. The number of rotatable bonds is 63. The number of ether oxygens (including phenoxy) is 3. The van der Waals surface area contributed by atoms with E-state index in [1.165, 1.54) is 180 Å². The van der Waals surface area contributed by atoms with E-state index in [1.54, 1.807) is 0 Å². The molecular weight excluding hydrogens is 1010 g/mol. The number of esters is 3. The Morgan fingerprint density at radius 3 is 0.780 bits per heavy atom. The quantitative estimate of drug-likeness (QED) is 0.0261. The Morgan fingerprint density at radius 1 is 0.256 bits per heavy atom. The van der Waals surface area contributed by atoms with Gasteiger partial charge in [-0.05, 0) is 128 Å². The highest BCUT2D eigenvalue weighted by Gasteiger charge is 2.19. The molecule has 0 amide bonds. The number of hydrogen-bond donors (Lipinski definition) is 0. The summed E-state index contributed by atoms with van der Waals surface area (Å²) in [7, 11) is 0. The molecule has 0 saturated carbocycles. The lowest BCUT2D eigenvalue weighted by Crippen LogP contribution is -2.30. The lowest BCUT2D eigenvalue weighted by molar-refractivity contribution is -0.167. The Morgan fingerprint density at radius 2 is 0.476 bits per heavy atom. The standard InChI is InChI=1S/C76H130O6/c1-4-7-10-13-16-19-22-25-28-31-32-33-34-35-36-37-38-39-40-41-42-43-44-46-48-51-54-57-60-63-66-69-75(78)81-72-73(71-80-74(77)68-65-62-59-56-53-50-47-30-27-24-21-18-15-12-9-6-3)82-76(79)70-67-64-61-58-55-52-49-45-29-26-23-20-17-14-11-8-5-2/h7,10,16-17,19-20,25-26,28-30,32-33,35-36,38-39,47,73H,4-6,8-9,11-15,18,21-24,27,31,34,37,40-46,48-72H2,1-3H3/b10-7-,19-16-,20-17-,28-25-,29-26-,33-32-,36-35-,39-38-,47-30-. The first-order chi connectivity index (χ1) is 40.5. The van der Waals surface area contributed by atoms with Crippen LogP contribution in [-0.2, 0) is 28.6 Å². The van der Waals surface area contributed by atoms with Crippen molar-refractivity contribution in [2.24, 2.45) is 0 Å². The molecule has 0 spiro atoms. The van der Waals surface area contributed by atoms with Gasteiger partial charge in [-0.2, -0.15) is 0 Å². The zero-order valence-corrected chi connectivity index (χ0v) is 54.0. The average molecular weight is 1140 g/mol. The van der Waals surface area contributed by atoms with Crippen LogP contribution in [0.5, 0.6) is 0 Å². The summed E-state index contributed by atoms with van der Waals surface area (Å²) in [6.07, 6.45) is 95.3. The molecule has 1 atom stereocenters. The molecule has 0 heterocycles. The molecule has 470 valence electrons. The molecule has 6 nitrogen and oxygen atoms in total. The first-order valence-electron chi connectivity index (χ1n) is 34.9. The van der Waals surface area contributed by atoms with Crippen LogP contribution in [-0.4, -0.2) is 37.2 Å². The molecule has 0 aliphatic heterocycles. The molecule has 6 heteroatoms. The van der Waals surface area contributed by atoms with Crippen LogP contribution in [0.1, 0.15) is 335 Å². The summed E-state index contributed by atoms with van der Waals surface area (Å²) in [5.74, 6) is -0.889. The smallest absolute Gasteiger partial charge is 0.306 e. The number of carbonyl (C=O) groups is 3. The Balaban J connectivity index is 4.29. The van der Waals surface area contributed by atoms with Gasteiger partial charge in [0.2, 0.25) is 0 Å². The molecule has 0 aromatic rings. The lowest BCUT2D eigenvalue weighted by Gasteiger charge is -2.18. The summed E-state index contributed by atoms with van der Waals surface area (Å²) in [5.41, 5.74) is 0. The van der Waals surface area contributed by atoms with Crippen LogP contribution in [0.15, 0.2) is 109 Å². The molecule has 0 bridgehead atoms. The van der Waals surface area contributed by atoms with Crippen LogP contribution in [0.2, 0.25) is 0 Å². The third-order valence-corrected chi connectivity index (χ3v) is 15.0. The van der Waals surface area contributed by atoms with Crippen molar-refractivity contribution < 1.29 is 28.6 Å². The Labute approximate surface area is 508 Å². The third kappa shape index (κ3) is 66.9. The van der Waals surface area contributed by atoms with Gasteiger partial charge in [-0.1, -0.05) is 297 Å². The second-order valence-electron chi connectivity index (χ2n) is 23.1. The molecule has 0 aromatic carbocycles. The Kier molecular flexibility index (Phi) is 66.2. The van der Waals surface area contributed by atoms with Gasteiger partial charge in [0.15, 0.2) is 6.10 Å². The minimum atomic E-state index is -0.788. The first kappa shape index (κ1) is 78.1. The number of allylic oxidation sites excluding steroid dienone is 18. The number of unbranched alkanes of at least 4 members (excludes halogenated alkanes) is 34. The maximum absolute atomic E-state index is 12.9. The maximum atomic E-state index is 12.9. The van der Waals surface area contributed by atoms with Gasteiger partial charge >= 0.3 is 17.9 Å². The van der Waals surface area contributed by atoms with Crippen LogP contribution < -0.4 is 0 Å². The summed E-state index contributed by atoms with van der Waals surface area (Å²) in [6, 6.07) is 0. The van der Waals surface area contributed by atoms with E-state index in [-0.39, 0.29) is 31.1 Å². The topological polar surface area (TPSA) is 78.9 Å². The molecule has 0 aliphatic carbocycles. The van der Waals surface area contributed by atoms with Gasteiger partial charge in [0.1, 0.15) is 13.2 Å². The predicted molar refractivity (Wildman–Crippen MR) is 357 cm³/mol. The minimum Gasteiger partial charge on any atom is -0.462 e. The summed E-state index contributed by atoms with van der Waals surface area (Å²) in [4.78, 5) is 38.4. The van der Waals surface area contributed by atoms with Crippen molar-refractivity contribution in [2.45, 2.75) is 341 Å². The Bertz CT molecular complexity index is 1640. The second-order valence-corrected chi connectivity index (χ2v) is 23.1. The molecule has 0 radical (unpaired) electrons. The van der Waals surface area contributed by atoms with Gasteiger partial charge in [0.05, 0.1) is 0 Å². The van der Waals surface area contributed by atoms with Crippen LogP contribution >= 0.6 is 0 Å². The van der Waals surface area contributed by atoms with E-state index < -0.39 is 6.10 Å². The lowest BCUT2D eigenvalue weighted by atomic mass is 10.0. The summed E-state index contributed by atoms with van der Waals surface area (Å²) in [5, 5.41) is 0. The predicted octanol–water partition coefficient (Wildman–Crippen LogP) is 24.2. The van der Waals surface area contributed by atoms with Crippen LogP contribution in [0, 0.1) is 0 Å². The highest BCUT2D eigenvalue weighted by atomic mass is 16.6. The molecule has 0 rings (SSSR count). The molecule has 0 N–H and O–H groups in total. The molecule has 0 aromatic heterocycles. The van der Waals surface area contributed by atoms with Crippen molar-refractivity contribution in [3.05, 3.63) is 109 Å². The highest BCUT2D eigenvalue weighted by molar-refractivity contribution is 5.71. The monoisotopic (exact) mass is 1140 g/mol. The van der Waals surface area contributed by atoms with E-state index in [2.05, 4.69) is 130 Å². The van der Waals surface area contributed by atoms with Crippen LogP contribution in [0.3, 0.4) is 0 Å². The zero-order valence-electron chi connectivity index (χ0n) is 54.0. The van der Waals surface area contributed by atoms with E-state index in [0.717, 1.165) is 116 Å². The molecule has 0 fully saturated rings. The number of carbonyl (C=O) groups excluding carboxylic acids is 3. The first-order valence-corrected chi connectivity index (χ1v) is 34.9. The minimum absolute atomic E-state index is 0.0836. The summed E-state index contributed by atoms with van der Waals surface area (Å²) >= 11 is 0. The van der Waals surface area contributed by atoms with Gasteiger partial charge in [0, 0.05) is 19.3 Å². The van der Waals surface area contributed by atoms with Gasteiger partial charge in [-0.25, -0.2) is 0 Å². The third-order valence-electron chi connectivity index (χ3n) is 15.0. The van der Waals surface area contributed by atoms with Crippen LogP contribution in [0.25, 0.3) is 0 Å². The Hall–Kier alpha value is -3.93. The van der Waals surface area contributed by atoms with Crippen LogP contribution in [0.4, 0.5) is 0 Å². The average Bonchev–Trinajstić information content (AvgIpc) is 3.48. The van der Waals surface area contributed by atoms with Crippen molar-refractivity contribution in [1.29, 1.82) is 0 Å². The van der Waals surface area contributed by atoms with Gasteiger partial charge in [-0.15, -0.1) is 0 Å². The van der Waals surface area contributed by atoms with E-state index in [1.807, 2.05) is 0 Å². The normalized spacial score (nSPS) is 12.8. The summed E-state index contributed by atoms with van der Waals surface area (Å²) < 4.78 is 17.0. The van der Waals surface area contributed by atoms with E-state index in [4.69, 9.17) is 14.2 Å². The van der Waals surface area contributed by atoms with Crippen molar-refractivity contribution in [1.82, 2.24) is 0 Å². The number of hydrogen-bond acceptors (Lipinski definition) is 6. The fraction of sp³-hybridized carbons (Fsp3) is 0.724. The molecule has 0 saturated heterocycles. The van der Waals surface area contributed by atoms with E-state index in [0.29, 0.717) is 19.3 Å². The zero-order chi connectivity index (χ0) is 59.2. The SMILES string of the molecule is CC/C=C\C/C=C\C/C=C\C/C=C\C/C=C\C/C=C\CCCCCCCCCCCCCCC(=O)OCC(COC(=O)CCCCCCC/C=C\CCCCCCCCC)OC(=O)CCCCCCCCC/C=C\C/C=C\CCCCC. The van der Waals surface area contributed by atoms with Crippen molar-refractivity contribution >= 4 is 17.9 Å². The van der Waals surface area contributed by atoms with E-state index >= 15 is 0 Å². The van der Waals surface area contributed by atoms with Gasteiger partial charge in [0.25, 0.3) is 0 Å². The van der Waals surface area contributed by atoms with Gasteiger partial charge in [-0.3, -0.25) is 14.4 Å².